The first-order chi connectivity index (χ1) is 28.7. The molecule has 10 aromatic rings. The van der Waals surface area contributed by atoms with Crippen molar-refractivity contribution in [1.29, 1.82) is 0 Å². The van der Waals surface area contributed by atoms with Gasteiger partial charge in [0.15, 0.2) is 0 Å². The molecule has 58 heavy (non-hydrogen) atoms. The van der Waals surface area contributed by atoms with Gasteiger partial charge in [-0.1, -0.05) is 204 Å². The normalized spacial score (nSPS) is 11.9. The second-order valence-corrected chi connectivity index (χ2v) is 16.7. The Morgan fingerprint density at radius 2 is 0.776 bits per heavy atom. The summed E-state index contributed by atoms with van der Waals surface area (Å²) in [4.78, 5) is 0. The molecular formula is C58H52. The average molecular weight is 749 g/mol. The van der Waals surface area contributed by atoms with E-state index in [1.807, 2.05) is 0 Å². The number of fused-ring (bicyclic) bond motifs is 3. The van der Waals surface area contributed by atoms with Crippen LogP contribution in [0.3, 0.4) is 0 Å². The molecule has 10 aromatic carbocycles. The summed E-state index contributed by atoms with van der Waals surface area (Å²) in [6.45, 7) is 2.31. The van der Waals surface area contributed by atoms with Crippen molar-refractivity contribution in [2.75, 3.05) is 0 Å². The van der Waals surface area contributed by atoms with E-state index in [2.05, 4.69) is 171 Å². The zero-order valence-electron chi connectivity index (χ0n) is 33.9. The quantitative estimate of drug-likeness (QED) is 0.0767. The second-order valence-electron chi connectivity index (χ2n) is 16.7. The Balaban J connectivity index is 1.25. The maximum atomic E-state index is 2.49. The van der Waals surface area contributed by atoms with Crippen LogP contribution in [0, 0.1) is 0 Å². The first-order valence-corrected chi connectivity index (χ1v) is 22.0. The number of hydrogen-bond donors (Lipinski definition) is 0. The van der Waals surface area contributed by atoms with Gasteiger partial charge in [0.2, 0.25) is 0 Å². The van der Waals surface area contributed by atoms with Crippen LogP contribution in [0.4, 0.5) is 0 Å². The van der Waals surface area contributed by atoms with Crippen molar-refractivity contribution in [3.8, 4) is 33.4 Å². The summed E-state index contributed by atoms with van der Waals surface area (Å²) in [6.07, 6.45) is 14.4. The molecule has 0 aliphatic carbocycles. The van der Waals surface area contributed by atoms with E-state index in [4.69, 9.17) is 0 Å². The highest BCUT2D eigenvalue weighted by Crippen LogP contribution is 2.52. The van der Waals surface area contributed by atoms with Crippen LogP contribution < -0.4 is 0 Å². The molecule has 0 N–H and O–H groups in total. The molecule has 0 saturated carbocycles. The first kappa shape index (κ1) is 36.4. The van der Waals surface area contributed by atoms with Gasteiger partial charge in [0.05, 0.1) is 0 Å². The Labute approximate surface area is 343 Å². The van der Waals surface area contributed by atoms with Crippen LogP contribution in [0.2, 0.25) is 0 Å². The number of unbranched alkanes of at least 4 members (excludes halogenated alkanes) is 9. The summed E-state index contributed by atoms with van der Waals surface area (Å²) >= 11 is 0. The Hall–Kier alpha value is -5.98. The molecular weight excluding hydrogens is 697 g/mol. The molecule has 0 spiro atoms. The lowest BCUT2D eigenvalue weighted by Crippen LogP contribution is -2.01. The maximum Gasteiger partial charge on any atom is -0.000765 e. The largest absolute Gasteiger partial charge is 0.0654 e. The Kier molecular flexibility index (Phi) is 10.1. The summed E-state index contributed by atoms with van der Waals surface area (Å²) in [6, 6.07) is 62.2. The first-order valence-electron chi connectivity index (χ1n) is 22.0. The third-order valence-corrected chi connectivity index (χ3v) is 12.9. The maximum absolute atomic E-state index is 2.49. The van der Waals surface area contributed by atoms with Gasteiger partial charge in [0, 0.05) is 0 Å². The summed E-state index contributed by atoms with van der Waals surface area (Å²) in [7, 11) is 0. The minimum absolute atomic E-state index is 1.05. The number of benzene rings is 10. The topological polar surface area (TPSA) is 0 Å². The van der Waals surface area contributed by atoms with Crippen molar-refractivity contribution in [3.05, 3.63) is 169 Å². The smallest absolute Gasteiger partial charge is 0.000765 e. The monoisotopic (exact) mass is 748 g/mol. The molecule has 0 aromatic heterocycles. The second kappa shape index (κ2) is 16.1. The van der Waals surface area contributed by atoms with Crippen molar-refractivity contribution >= 4 is 64.6 Å². The van der Waals surface area contributed by atoms with Gasteiger partial charge in [-0.05, 0) is 141 Å². The summed E-state index contributed by atoms with van der Waals surface area (Å²) < 4.78 is 0. The van der Waals surface area contributed by atoms with Gasteiger partial charge < -0.3 is 0 Å². The molecule has 0 heterocycles. The summed E-state index contributed by atoms with van der Waals surface area (Å²) in [5, 5.41) is 15.9. The minimum atomic E-state index is 1.05. The number of hydrogen-bond acceptors (Lipinski definition) is 0. The Bertz CT molecular complexity index is 3050. The molecule has 0 nitrogen and oxygen atoms in total. The van der Waals surface area contributed by atoms with Gasteiger partial charge in [-0.3, -0.25) is 0 Å². The van der Waals surface area contributed by atoms with E-state index in [1.54, 1.807) is 0 Å². The van der Waals surface area contributed by atoms with E-state index in [9.17, 15) is 0 Å². The van der Waals surface area contributed by atoms with Crippen molar-refractivity contribution < 1.29 is 0 Å². The Morgan fingerprint density at radius 1 is 0.310 bits per heavy atom. The highest BCUT2D eigenvalue weighted by Gasteiger charge is 2.25. The molecule has 0 aliphatic heterocycles. The average Bonchev–Trinajstić information content (AvgIpc) is 3.28. The fourth-order valence-corrected chi connectivity index (χ4v) is 10.0. The van der Waals surface area contributed by atoms with Crippen molar-refractivity contribution in [1.82, 2.24) is 0 Å². The molecule has 0 atom stereocenters. The molecule has 0 amide bonds. The molecule has 0 saturated heterocycles. The number of rotatable bonds is 14. The summed E-state index contributed by atoms with van der Waals surface area (Å²) in [5.41, 5.74) is 9.40. The van der Waals surface area contributed by atoms with Crippen LogP contribution in [-0.4, -0.2) is 0 Å². The molecule has 0 radical (unpaired) electrons. The molecule has 0 unspecified atom stereocenters. The molecule has 0 fully saturated rings. The molecule has 0 aliphatic rings. The van der Waals surface area contributed by atoms with E-state index < -0.39 is 0 Å². The fourth-order valence-electron chi connectivity index (χ4n) is 10.0. The molecule has 0 heteroatoms. The predicted octanol–water partition coefficient (Wildman–Crippen LogP) is 17.5. The minimum Gasteiger partial charge on any atom is -0.0654 e. The van der Waals surface area contributed by atoms with Crippen LogP contribution in [-0.2, 0) is 6.42 Å². The van der Waals surface area contributed by atoms with E-state index in [1.165, 1.54) is 168 Å². The SMILES string of the molecule is CCCCCCCCCCCCc1c(-c2ccc3ccccc3c2)c(-c2ccc3ccccc3c2)c2c(-c3ccc4ccccc4c3)cc3cccc4ccc1c2c43. The van der Waals surface area contributed by atoms with Crippen molar-refractivity contribution in [3.63, 3.8) is 0 Å². The van der Waals surface area contributed by atoms with Gasteiger partial charge in [0.25, 0.3) is 0 Å². The Morgan fingerprint density at radius 3 is 1.38 bits per heavy atom. The third kappa shape index (κ3) is 6.79. The van der Waals surface area contributed by atoms with Gasteiger partial charge in [-0.15, -0.1) is 0 Å². The molecule has 284 valence electrons. The van der Waals surface area contributed by atoms with E-state index in [-0.39, 0.29) is 0 Å². The van der Waals surface area contributed by atoms with Crippen LogP contribution in [0.5, 0.6) is 0 Å². The lowest BCUT2D eigenvalue weighted by molar-refractivity contribution is 0.556. The zero-order valence-corrected chi connectivity index (χ0v) is 33.9. The van der Waals surface area contributed by atoms with Crippen molar-refractivity contribution in [2.24, 2.45) is 0 Å². The van der Waals surface area contributed by atoms with Crippen LogP contribution in [0.25, 0.3) is 98.0 Å². The molecule has 10 rings (SSSR count). The van der Waals surface area contributed by atoms with Crippen molar-refractivity contribution in [2.45, 2.75) is 77.6 Å². The highest BCUT2D eigenvalue weighted by atomic mass is 14.3. The zero-order chi connectivity index (χ0) is 38.8. The summed E-state index contributed by atoms with van der Waals surface area (Å²) in [5.74, 6) is 0. The lowest BCUT2D eigenvalue weighted by Gasteiger charge is -2.26. The van der Waals surface area contributed by atoms with Crippen LogP contribution in [0.1, 0.15) is 76.7 Å². The van der Waals surface area contributed by atoms with Gasteiger partial charge in [-0.25, -0.2) is 0 Å². The van der Waals surface area contributed by atoms with E-state index in [0.29, 0.717) is 0 Å². The number of aryl methyl sites for hydroxylation is 1. The van der Waals surface area contributed by atoms with Gasteiger partial charge >= 0.3 is 0 Å². The van der Waals surface area contributed by atoms with Gasteiger partial charge in [-0.2, -0.15) is 0 Å². The predicted molar refractivity (Wildman–Crippen MR) is 255 cm³/mol. The van der Waals surface area contributed by atoms with E-state index >= 15 is 0 Å². The fraction of sp³-hybridized carbons (Fsp3) is 0.207. The third-order valence-electron chi connectivity index (χ3n) is 12.9. The van der Waals surface area contributed by atoms with E-state index in [0.717, 1.165) is 6.42 Å². The lowest BCUT2D eigenvalue weighted by atomic mass is 9.77. The van der Waals surface area contributed by atoms with Gasteiger partial charge in [0.1, 0.15) is 0 Å². The molecule has 0 bridgehead atoms. The van der Waals surface area contributed by atoms with Crippen LogP contribution >= 0.6 is 0 Å². The highest BCUT2D eigenvalue weighted by molar-refractivity contribution is 6.32. The standard InChI is InChI=1S/C58H52/c1-2-3-4-5-6-7-8-9-10-11-27-51-52-35-34-43-25-18-26-48-39-53(47-31-28-40-19-12-15-22-44(40)36-47)58(57(52)54(43)48)56(50-33-30-42-21-14-17-24-46(42)38-50)55(51)49-32-29-41-20-13-16-23-45(41)37-49/h12-26,28-39H,2-11,27H2,1H3. The van der Waals surface area contributed by atoms with Crippen LogP contribution in [0.15, 0.2) is 164 Å².